The van der Waals surface area contributed by atoms with Gasteiger partial charge < -0.3 is 5.32 Å². The van der Waals surface area contributed by atoms with E-state index in [-0.39, 0.29) is 30.0 Å². The van der Waals surface area contributed by atoms with Crippen molar-refractivity contribution in [3.05, 3.63) is 95.1 Å². The first-order valence-electron chi connectivity index (χ1n) is 11.2. The number of para-hydroxylation sites is 1. The van der Waals surface area contributed by atoms with E-state index < -0.39 is 4.87 Å². The number of carbonyl (C=O) groups is 3. The number of hydrogen-bond acceptors (Lipinski definition) is 4. The Morgan fingerprint density at radius 3 is 2.50 bits per heavy atom. The summed E-state index contributed by atoms with van der Waals surface area (Å²) in [6, 6.07) is 23.0. The third-order valence-electron chi connectivity index (χ3n) is 6.24. The second kappa shape index (κ2) is 8.65. The van der Waals surface area contributed by atoms with E-state index in [1.54, 1.807) is 4.90 Å². The van der Waals surface area contributed by atoms with Crippen molar-refractivity contribution in [1.82, 2.24) is 5.32 Å². The normalized spacial score (nSPS) is 19.1. The molecule has 3 aromatic rings. The number of aryl methyl sites for hydroxylation is 2. The average molecular weight is 472 g/mol. The van der Waals surface area contributed by atoms with E-state index in [1.807, 2.05) is 86.6 Å². The fourth-order valence-electron chi connectivity index (χ4n) is 4.59. The quantitative estimate of drug-likeness (QED) is 0.613. The number of amides is 3. The minimum atomic E-state index is -1.21. The van der Waals surface area contributed by atoms with Gasteiger partial charge in [0.25, 0.3) is 5.91 Å². The molecule has 5 rings (SSSR count). The molecule has 2 aliphatic rings. The third-order valence-corrected chi connectivity index (χ3v) is 7.62. The van der Waals surface area contributed by atoms with E-state index in [4.69, 9.17) is 0 Å². The van der Waals surface area contributed by atoms with Crippen molar-refractivity contribution in [2.45, 2.75) is 25.3 Å². The summed E-state index contributed by atoms with van der Waals surface area (Å²) in [7, 11) is 0. The monoisotopic (exact) mass is 471 g/mol. The number of nitrogens with zero attached hydrogens (tertiary/aromatic N) is 2. The Bertz CT molecular complexity index is 1290. The molecule has 1 spiro atoms. The van der Waals surface area contributed by atoms with Crippen LogP contribution in [0, 0.1) is 13.8 Å². The Hall–Kier alpha value is -3.58. The van der Waals surface area contributed by atoms with Gasteiger partial charge in [-0.1, -0.05) is 60.2 Å². The van der Waals surface area contributed by atoms with Crippen molar-refractivity contribution < 1.29 is 14.4 Å². The molecule has 34 heavy (non-hydrogen) atoms. The summed E-state index contributed by atoms with van der Waals surface area (Å²) in [6.07, 6.45) is 0. The van der Waals surface area contributed by atoms with Gasteiger partial charge in [0.2, 0.25) is 16.7 Å². The molecule has 0 unspecified atom stereocenters. The van der Waals surface area contributed by atoms with Crippen molar-refractivity contribution in [3.8, 4) is 0 Å². The molecule has 6 nitrogen and oxygen atoms in total. The second-order valence-corrected chi connectivity index (χ2v) is 9.84. The molecule has 0 saturated carbocycles. The van der Waals surface area contributed by atoms with Crippen molar-refractivity contribution in [2.75, 3.05) is 22.1 Å². The standard InChI is InChI=1S/C27H25N3O3S/c1-18-10-12-20(13-11-18)15-28-24(31)16-29-23-9-4-3-8-22(23)27(26(29)33)30(25(32)17-34-27)21-7-5-6-19(2)14-21/h3-14H,15-17H2,1-2H3,(H,28,31)/t27-/m1/s1. The molecule has 3 aromatic carbocycles. The van der Waals surface area contributed by atoms with Gasteiger partial charge in [-0.15, -0.1) is 11.8 Å². The Morgan fingerprint density at radius 2 is 1.74 bits per heavy atom. The SMILES string of the molecule is Cc1ccc(CNC(=O)CN2C(=O)[C@]3(SCC(=O)N3c3cccc(C)c3)c3ccccc32)cc1. The van der Waals surface area contributed by atoms with Crippen LogP contribution in [0.1, 0.15) is 22.3 Å². The molecule has 1 fully saturated rings. The number of benzene rings is 3. The molecule has 172 valence electrons. The highest BCUT2D eigenvalue weighted by atomic mass is 32.2. The number of anilines is 2. The number of carbonyl (C=O) groups excluding carboxylic acids is 3. The van der Waals surface area contributed by atoms with Crippen molar-refractivity contribution in [2.24, 2.45) is 0 Å². The minimum absolute atomic E-state index is 0.111. The third kappa shape index (κ3) is 3.66. The zero-order valence-electron chi connectivity index (χ0n) is 19.1. The highest BCUT2D eigenvalue weighted by molar-refractivity contribution is 8.02. The van der Waals surface area contributed by atoms with Crippen LogP contribution >= 0.6 is 11.8 Å². The number of rotatable bonds is 5. The molecular weight excluding hydrogens is 446 g/mol. The summed E-state index contributed by atoms with van der Waals surface area (Å²) in [5.74, 6) is -0.445. The second-order valence-electron chi connectivity index (χ2n) is 8.67. The summed E-state index contributed by atoms with van der Waals surface area (Å²) >= 11 is 1.32. The number of thioether (sulfide) groups is 1. The van der Waals surface area contributed by atoms with Gasteiger partial charge >= 0.3 is 0 Å². The number of hydrogen-bond donors (Lipinski definition) is 1. The highest BCUT2D eigenvalue weighted by Crippen LogP contribution is 2.55. The lowest BCUT2D eigenvalue weighted by Gasteiger charge is -2.33. The number of fused-ring (bicyclic) bond motifs is 2. The lowest BCUT2D eigenvalue weighted by Crippen LogP contribution is -2.51. The van der Waals surface area contributed by atoms with Crippen LogP contribution in [0.5, 0.6) is 0 Å². The van der Waals surface area contributed by atoms with Crippen LogP contribution in [0.15, 0.2) is 72.8 Å². The van der Waals surface area contributed by atoms with Gasteiger partial charge in [0, 0.05) is 17.8 Å². The van der Waals surface area contributed by atoms with Crippen LogP contribution in [0.3, 0.4) is 0 Å². The Labute approximate surface area is 202 Å². The van der Waals surface area contributed by atoms with Gasteiger partial charge in [-0.05, 0) is 43.2 Å². The van der Waals surface area contributed by atoms with Gasteiger partial charge in [0.05, 0.1) is 11.4 Å². The largest absolute Gasteiger partial charge is 0.350 e. The molecule has 0 bridgehead atoms. The molecule has 1 N–H and O–H groups in total. The Kier molecular flexibility index (Phi) is 5.65. The lowest BCUT2D eigenvalue weighted by molar-refractivity contribution is -0.125. The molecular formula is C27H25N3O3S. The smallest absolute Gasteiger partial charge is 0.269 e. The van der Waals surface area contributed by atoms with Crippen LogP contribution in [-0.2, 0) is 25.8 Å². The van der Waals surface area contributed by atoms with E-state index in [9.17, 15) is 14.4 Å². The maximum Gasteiger partial charge on any atom is 0.269 e. The van der Waals surface area contributed by atoms with Crippen LogP contribution < -0.4 is 15.1 Å². The maximum atomic E-state index is 14.0. The highest BCUT2D eigenvalue weighted by Gasteiger charge is 2.61. The van der Waals surface area contributed by atoms with Crippen molar-refractivity contribution in [3.63, 3.8) is 0 Å². The molecule has 2 aliphatic heterocycles. The Balaban J connectivity index is 1.45. The van der Waals surface area contributed by atoms with Crippen LogP contribution in [0.4, 0.5) is 11.4 Å². The van der Waals surface area contributed by atoms with Gasteiger partial charge in [-0.3, -0.25) is 24.2 Å². The first-order valence-corrected chi connectivity index (χ1v) is 12.2. The first-order chi connectivity index (χ1) is 16.4. The van der Waals surface area contributed by atoms with E-state index in [0.29, 0.717) is 17.9 Å². The fourth-order valence-corrected chi connectivity index (χ4v) is 5.95. The van der Waals surface area contributed by atoms with E-state index in [1.165, 1.54) is 16.7 Å². The van der Waals surface area contributed by atoms with Crippen LogP contribution in [0.25, 0.3) is 0 Å². The van der Waals surface area contributed by atoms with Gasteiger partial charge in [0.1, 0.15) is 6.54 Å². The van der Waals surface area contributed by atoms with Gasteiger partial charge in [0.15, 0.2) is 0 Å². The molecule has 0 radical (unpaired) electrons. The summed E-state index contributed by atoms with van der Waals surface area (Å²) in [5.41, 5.74) is 5.24. The summed E-state index contributed by atoms with van der Waals surface area (Å²) < 4.78 is 0. The molecule has 1 atom stereocenters. The van der Waals surface area contributed by atoms with Gasteiger partial charge in [-0.25, -0.2) is 0 Å². The zero-order chi connectivity index (χ0) is 23.9. The molecule has 7 heteroatoms. The molecule has 0 aliphatic carbocycles. The maximum absolute atomic E-state index is 14.0. The zero-order valence-corrected chi connectivity index (χ0v) is 19.9. The summed E-state index contributed by atoms with van der Waals surface area (Å²) in [4.78, 5) is 41.8. The fraction of sp³-hybridized carbons (Fsp3) is 0.222. The molecule has 3 amide bonds. The predicted octanol–water partition coefficient (Wildman–Crippen LogP) is 3.90. The van der Waals surface area contributed by atoms with E-state index in [0.717, 1.165) is 22.3 Å². The van der Waals surface area contributed by atoms with Crippen LogP contribution in [-0.4, -0.2) is 30.0 Å². The predicted molar refractivity (Wildman–Crippen MR) is 135 cm³/mol. The van der Waals surface area contributed by atoms with Crippen molar-refractivity contribution >= 4 is 40.9 Å². The van der Waals surface area contributed by atoms with Crippen molar-refractivity contribution in [1.29, 1.82) is 0 Å². The number of nitrogens with one attached hydrogen (secondary N) is 1. The van der Waals surface area contributed by atoms with Gasteiger partial charge in [-0.2, -0.15) is 0 Å². The summed E-state index contributed by atoms with van der Waals surface area (Å²) in [5, 5.41) is 2.91. The topological polar surface area (TPSA) is 69.7 Å². The molecule has 0 aromatic heterocycles. The van der Waals surface area contributed by atoms with Crippen LogP contribution in [0.2, 0.25) is 0 Å². The van der Waals surface area contributed by atoms with E-state index in [2.05, 4.69) is 5.32 Å². The molecule has 1 saturated heterocycles. The first kappa shape index (κ1) is 22.2. The Morgan fingerprint density at radius 1 is 0.971 bits per heavy atom. The summed E-state index contributed by atoms with van der Waals surface area (Å²) in [6.45, 7) is 4.25. The lowest BCUT2D eigenvalue weighted by atomic mass is 10.0. The van der Waals surface area contributed by atoms with E-state index >= 15 is 0 Å². The average Bonchev–Trinajstić information content (AvgIpc) is 3.29. The molecule has 2 heterocycles. The minimum Gasteiger partial charge on any atom is -0.350 e.